The summed E-state index contributed by atoms with van der Waals surface area (Å²) in [5.41, 5.74) is 1.12. The van der Waals surface area contributed by atoms with Gasteiger partial charge >= 0.3 is 26.0 Å². The van der Waals surface area contributed by atoms with Gasteiger partial charge in [0.2, 0.25) is 0 Å². The van der Waals surface area contributed by atoms with Gasteiger partial charge in [0.25, 0.3) is 0 Å². The van der Waals surface area contributed by atoms with Crippen LogP contribution in [0.5, 0.6) is 0 Å². The van der Waals surface area contributed by atoms with Gasteiger partial charge < -0.3 is 14.6 Å². The molecule has 1 N–H and O–H groups in total. The van der Waals surface area contributed by atoms with Crippen LogP contribution in [0.4, 0.5) is 0 Å². The van der Waals surface area contributed by atoms with Crippen LogP contribution in [-0.4, -0.2) is 33.4 Å². The molecule has 2 aromatic rings. The summed E-state index contributed by atoms with van der Waals surface area (Å²) in [6, 6.07) is 18.9. The maximum absolute atomic E-state index is 5.67. The Labute approximate surface area is 154 Å². The third-order valence-electron chi connectivity index (χ3n) is 3.31. The van der Waals surface area contributed by atoms with E-state index in [1.807, 2.05) is 12.4 Å². The second-order valence-electron chi connectivity index (χ2n) is 5.01. The zero-order valence-corrected chi connectivity index (χ0v) is 14.2. The topological polar surface area (TPSA) is 30.5 Å². The van der Waals surface area contributed by atoms with E-state index in [2.05, 4.69) is 53.8 Å². The minimum Gasteiger partial charge on any atom is -0.417 e. The molecule has 1 fully saturated rings. The Kier molecular flexibility index (Phi) is 8.18. The van der Waals surface area contributed by atoms with Crippen LogP contribution in [0, 0.1) is 6.32 Å². The Morgan fingerprint density at radius 2 is 1.48 bits per heavy atom. The number of benzene rings is 2. The van der Waals surface area contributed by atoms with Crippen molar-refractivity contribution in [2.24, 2.45) is 0 Å². The number of rotatable bonds is 4. The average molecular weight is 319 g/mol. The van der Waals surface area contributed by atoms with Crippen molar-refractivity contribution in [1.82, 2.24) is 5.32 Å². The normalized spacial score (nSPS) is 15.2. The number of hydrogen-bond acceptors (Lipinski definition) is 4. The fourth-order valence-corrected chi connectivity index (χ4v) is 3.03. The molecule has 1 heterocycles. The zero-order chi connectivity index (χ0) is 15.0. The molecule has 6 heteroatoms. The van der Waals surface area contributed by atoms with E-state index in [4.69, 9.17) is 9.31 Å². The average Bonchev–Trinajstić information content (AvgIpc) is 2.53. The van der Waals surface area contributed by atoms with Gasteiger partial charge in [-0.15, -0.1) is 18.5 Å². The first-order valence-corrected chi connectivity index (χ1v) is 8.33. The summed E-state index contributed by atoms with van der Waals surface area (Å²) >= 11 is 1.76. The van der Waals surface area contributed by atoms with Crippen molar-refractivity contribution in [3.05, 3.63) is 66.5 Å². The smallest absolute Gasteiger partial charge is 0.417 e. The van der Waals surface area contributed by atoms with Crippen molar-refractivity contribution in [3.63, 3.8) is 0 Å². The predicted molar refractivity (Wildman–Crippen MR) is 90.9 cm³/mol. The molecule has 1 aliphatic rings. The maximum atomic E-state index is 5.67. The summed E-state index contributed by atoms with van der Waals surface area (Å²) in [7, 11) is -0.255. The monoisotopic (exact) mass is 319 g/mol. The minimum absolute atomic E-state index is 0. The van der Waals surface area contributed by atoms with Gasteiger partial charge in [-0.2, -0.15) is 17.7 Å². The first kappa shape index (κ1) is 18.5. The molecule has 3 rings (SSSR count). The van der Waals surface area contributed by atoms with Gasteiger partial charge in [0.15, 0.2) is 0 Å². The minimum atomic E-state index is -0.255. The van der Waals surface area contributed by atoms with E-state index in [1.54, 1.807) is 11.8 Å². The summed E-state index contributed by atoms with van der Waals surface area (Å²) < 4.78 is 11.3. The third kappa shape index (κ3) is 6.31. The Balaban J connectivity index is 0.00000192. The largest absolute Gasteiger partial charge is 1.00 e. The number of hydrogen-bond donors (Lipinski definition) is 1. The summed E-state index contributed by atoms with van der Waals surface area (Å²) in [5, 5.41) is 3.24. The molecule has 0 radical (unpaired) electrons. The summed E-state index contributed by atoms with van der Waals surface area (Å²) in [6.07, 6.45) is 2.03. The van der Waals surface area contributed by atoms with Gasteiger partial charge in [0.05, 0.1) is 0 Å². The molecular weight excluding hydrogens is 300 g/mol. The van der Waals surface area contributed by atoms with Crippen molar-refractivity contribution in [1.29, 1.82) is 0 Å². The second kappa shape index (κ2) is 10.1. The van der Waals surface area contributed by atoms with Gasteiger partial charge in [-0.25, -0.2) is 0 Å². The van der Waals surface area contributed by atoms with E-state index < -0.39 is 0 Å². The first-order valence-electron chi connectivity index (χ1n) is 7.52. The van der Waals surface area contributed by atoms with Crippen molar-refractivity contribution in [2.75, 3.05) is 26.3 Å². The van der Waals surface area contributed by atoms with Crippen LogP contribution in [0.3, 0.4) is 0 Å². The molecule has 0 atom stereocenters. The van der Waals surface area contributed by atoms with Gasteiger partial charge in [0, 0.05) is 31.2 Å². The second-order valence-corrected chi connectivity index (χ2v) is 6.16. The van der Waals surface area contributed by atoms with Gasteiger partial charge in [-0.1, -0.05) is 30.0 Å². The fraction of sp³-hybridized carbons (Fsp3) is 0.235. The molecule has 0 bridgehead atoms. The molecule has 2 aromatic carbocycles. The van der Waals surface area contributed by atoms with Gasteiger partial charge in [-0.3, -0.25) is 0 Å². The van der Waals surface area contributed by atoms with Crippen molar-refractivity contribution < 1.29 is 28.2 Å². The first-order chi connectivity index (χ1) is 10.9. The Hall–Kier alpha value is -0.798. The molecule has 1 aliphatic heterocycles. The van der Waals surface area contributed by atoms with E-state index >= 15 is 0 Å². The SMILES string of the molecule is [Li+].c1ccc(Sc2ccc([CH-]B3OCCNCCO3)cc2)cc1. The summed E-state index contributed by atoms with van der Waals surface area (Å²) in [6.45, 7) is 3.09. The summed E-state index contributed by atoms with van der Waals surface area (Å²) in [4.78, 5) is 2.48. The van der Waals surface area contributed by atoms with E-state index in [0.717, 1.165) is 18.7 Å². The van der Waals surface area contributed by atoms with Crippen LogP contribution in [0.2, 0.25) is 0 Å². The van der Waals surface area contributed by atoms with Gasteiger partial charge in [0.1, 0.15) is 0 Å². The zero-order valence-electron chi connectivity index (χ0n) is 13.4. The molecule has 0 spiro atoms. The van der Waals surface area contributed by atoms with Crippen molar-refractivity contribution >= 4 is 18.9 Å². The summed E-state index contributed by atoms with van der Waals surface area (Å²) in [5.74, 6) is 0. The van der Waals surface area contributed by atoms with Crippen LogP contribution in [0.25, 0.3) is 0 Å². The van der Waals surface area contributed by atoms with E-state index in [9.17, 15) is 0 Å². The molecule has 3 nitrogen and oxygen atoms in total. The molecule has 23 heavy (non-hydrogen) atoms. The Morgan fingerprint density at radius 3 is 2.13 bits per heavy atom. The number of nitrogens with one attached hydrogen (secondary N) is 1. The van der Waals surface area contributed by atoms with E-state index in [1.165, 1.54) is 9.79 Å². The van der Waals surface area contributed by atoms with Crippen LogP contribution >= 0.6 is 11.8 Å². The standard InChI is InChI=1S/C17H19BNO2S.Li/c1-2-4-16(5-3-1)22-17-8-6-15(7-9-17)14-18-20-12-10-19-11-13-21-18;/h1-9,14,19H,10-13H2;/q-1;+1. The predicted octanol–water partition coefficient (Wildman–Crippen LogP) is 0.0580. The molecule has 1 saturated heterocycles. The van der Waals surface area contributed by atoms with Crippen LogP contribution < -0.4 is 24.2 Å². The quantitative estimate of drug-likeness (QED) is 0.638. The maximum Gasteiger partial charge on any atom is 1.00 e. The molecule has 114 valence electrons. The molecular formula is C17H19BLiNO2S. The van der Waals surface area contributed by atoms with Gasteiger partial charge in [-0.05, 0) is 17.0 Å². The molecule has 0 aliphatic carbocycles. The van der Waals surface area contributed by atoms with Crippen LogP contribution in [0.15, 0.2) is 64.4 Å². The van der Waals surface area contributed by atoms with Crippen LogP contribution in [0.1, 0.15) is 5.56 Å². The van der Waals surface area contributed by atoms with E-state index in [0.29, 0.717) is 13.2 Å². The van der Waals surface area contributed by atoms with Crippen LogP contribution in [-0.2, 0) is 9.31 Å². The molecule has 0 unspecified atom stereocenters. The molecule has 0 saturated carbocycles. The van der Waals surface area contributed by atoms with Crippen molar-refractivity contribution in [2.45, 2.75) is 9.79 Å². The van der Waals surface area contributed by atoms with E-state index in [-0.39, 0.29) is 26.0 Å². The Bertz CT molecular complexity index is 563. The fourth-order valence-electron chi connectivity index (χ4n) is 2.19. The van der Waals surface area contributed by atoms with Crippen molar-refractivity contribution in [3.8, 4) is 0 Å². The third-order valence-corrected chi connectivity index (χ3v) is 4.33. The molecule has 0 amide bonds. The Morgan fingerprint density at radius 1 is 0.870 bits per heavy atom. The molecule has 0 aromatic heterocycles.